The lowest BCUT2D eigenvalue weighted by Gasteiger charge is -2.23. The molecule has 0 spiro atoms. The number of rotatable bonds is 9. The predicted octanol–water partition coefficient (Wildman–Crippen LogP) is -0.338. The molecule has 2 aromatic rings. The van der Waals surface area contributed by atoms with Gasteiger partial charge in [0.25, 0.3) is 11.8 Å². The maximum atomic E-state index is 12.7. The third-order valence-corrected chi connectivity index (χ3v) is 5.18. The fraction of sp³-hybridized carbons (Fsp3) is 0.550. The maximum Gasteiger partial charge on any atom is 0.270 e. The Morgan fingerprint density at radius 3 is 2.90 bits per heavy atom. The highest BCUT2D eigenvalue weighted by Gasteiger charge is 2.38. The average molecular weight is 418 g/mol. The van der Waals surface area contributed by atoms with E-state index < -0.39 is 5.60 Å². The Morgan fingerprint density at radius 2 is 2.17 bits per heavy atom. The third kappa shape index (κ3) is 5.47. The molecular formula is C20H30N6O4. The van der Waals surface area contributed by atoms with Crippen molar-refractivity contribution in [3.63, 3.8) is 0 Å². The molecule has 4 N–H and O–H groups in total. The number of aromatic nitrogens is 3. The van der Waals surface area contributed by atoms with Crippen molar-refractivity contribution in [2.24, 2.45) is 0 Å². The van der Waals surface area contributed by atoms with E-state index >= 15 is 0 Å². The molecule has 1 aliphatic rings. The Kier molecular flexibility index (Phi) is 6.91. The molecule has 2 amide bonds. The summed E-state index contributed by atoms with van der Waals surface area (Å²) in [6.07, 6.45) is 3.83. The molecule has 1 atom stereocenters. The van der Waals surface area contributed by atoms with Crippen LogP contribution in [0.15, 0.2) is 24.5 Å². The molecule has 0 aliphatic carbocycles. The van der Waals surface area contributed by atoms with Crippen LogP contribution in [-0.4, -0.2) is 92.5 Å². The van der Waals surface area contributed by atoms with Crippen molar-refractivity contribution in [2.75, 3.05) is 40.3 Å². The Labute approximate surface area is 175 Å². The molecule has 30 heavy (non-hydrogen) atoms. The molecule has 1 fully saturated rings. The molecule has 0 saturated carbocycles. The van der Waals surface area contributed by atoms with E-state index in [1.165, 1.54) is 10.9 Å². The summed E-state index contributed by atoms with van der Waals surface area (Å²) in [5, 5.41) is 26.5. The SMILES string of the molecule is CN(C)Cc1ccc(C(=O)N2CC[C@@](O)(CCNC(=O)c3cnn(CCO)c3)C2)[nH]1. The van der Waals surface area contributed by atoms with Gasteiger partial charge in [-0.3, -0.25) is 14.3 Å². The third-order valence-electron chi connectivity index (χ3n) is 5.18. The molecule has 10 heteroatoms. The number of H-pyrrole nitrogens is 1. The van der Waals surface area contributed by atoms with Gasteiger partial charge in [0.15, 0.2) is 0 Å². The Hall–Kier alpha value is -2.69. The fourth-order valence-corrected chi connectivity index (χ4v) is 3.62. The van der Waals surface area contributed by atoms with Crippen LogP contribution in [0.25, 0.3) is 0 Å². The molecular weight excluding hydrogens is 388 g/mol. The zero-order chi connectivity index (χ0) is 21.7. The molecule has 0 bridgehead atoms. The van der Waals surface area contributed by atoms with Crippen LogP contribution >= 0.6 is 0 Å². The van der Waals surface area contributed by atoms with Gasteiger partial charge < -0.3 is 30.3 Å². The van der Waals surface area contributed by atoms with E-state index in [1.54, 1.807) is 17.2 Å². The van der Waals surface area contributed by atoms with Gasteiger partial charge in [-0.1, -0.05) is 0 Å². The van der Waals surface area contributed by atoms with Crippen molar-refractivity contribution in [1.82, 2.24) is 29.9 Å². The topological polar surface area (TPSA) is 127 Å². The Bertz CT molecular complexity index is 876. The molecule has 3 rings (SSSR count). The van der Waals surface area contributed by atoms with Crippen molar-refractivity contribution in [3.8, 4) is 0 Å². The van der Waals surface area contributed by atoms with E-state index in [4.69, 9.17) is 5.11 Å². The molecule has 3 heterocycles. The Morgan fingerprint density at radius 1 is 1.37 bits per heavy atom. The molecule has 0 aromatic carbocycles. The van der Waals surface area contributed by atoms with Crippen LogP contribution in [0.2, 0.25) is 0 Å². The van der Waals surface area contributed by atoms with Crippen LogP contribution < -0.4 is 5.32 Å². The van der Waals surface area contributed by atoms with Gasteiger partial charge in [-0.15, -0.1) is 0 Å². The van der Waals surface area contributed by atoms with Gasteiger partial charge >= 0.3 is 0 Å². The lowest BCUT2D eigenvalue weighted by atomic mass is 9.99. The van der Waals surface area contributed by atoms with Crippen LogP contribution in [0, 0.1) is 0 Å². The summed E-state index contributed by atoms with van der Waals surface area (Å²) in [6, 6.07) is 3.67. The summed E-state index contributed by atoms with van der Waals surface area (Å²) < 4.78 is 1.49. The summed E-state index contributed by atoms with van der Waals surface area (Å²) >= 11 is 0. The van der Waals surface area contributed by atoms with Gasteiger partial charge in [0.05, 0.1) is 30.5 Å². The highest BCUT2D eigenvalue weighted by Crippen LogP contribution is 2.25. The molecule has 0 radical (unpaired) electrons. The minimum atomic E-state index is -1.02. The smallest absolute Gasteiger partial charge is 0.270 e. The molecule has 0 unspecified atom stereocenters. The lowest BCUT2D eigenvalue weighted by molar-refractivity contribution is 0.0372. The number of carbonyl (C=O) groups excluding carboxylic acids is 2. The largest absolute Gasteiger partial charge is 0.394 e. The van der Waals surface area contributed by atoms with E-state index in [1.807, 2.05) is 25.1 Å². The quantitative estimate of drug-likeness (QED) is 0.441. The number of β-amino-alcohol motifs (C(OH)–C–C–N with tert-alkyl or cyclic N) is 1. The van der Waals surface area contributed by atoms with E-state index in [9.17, 15) is 14.7 Å². The van der Waals surface area contributed by atoms with Gasteiger partial charge in [0.1, 0.15) is 5.69 Å². The van der Waals surface area contributed by atoms with Crippen LogP contribution in [-0.2, 0) is 13.1 Å². The first kappa shape index (κ1) is 22.0. The number of hydrogen-bond donors (Lipinski definition) is 4. The lowest BCUT2D eigenvalue weighted by Crippen LogP contribution is -2.39. The fourth-order valence-electron chi connectivity index (χ4n) is 3.62. The number of aliphatic hydroxyl groups is 2. The molecule has 1 saturated heterocycles. The summed E-state index contributed by atoms with van der Waals surface area (Å²) in [4.78, 5) is 31.7. The molecule has 10 nitrogen and oxygen atoms in total. The number of carbonyl (C=O) groups is 2. The van der Waals surface area contributed by atoms with E-state index in [0.29, 0.717) is 37.2 Å². The van der Waals surface area contributed by atoms with Crippen molar-refractivity contribution in [3.05, 3.63) is 41.5 Å². The van der Waals surface area contributed by atoms with Crippen molar-refractivity contribution in [2.45, 2.75) is 31.5 Å². The molecule has 164 valence electrons. The molecule has 2 aromatic heterocycles. The summed E-state index contributed by atoms with van der Waals surface area (Å²) in [5.41, 5.74) is 0.856. The number of likely N-dealkylation sites (tertiary alicyclic amines) is 1. The predicted molar refractivity (Wildman–Crippen MR) is 110 cm³/mol. The number of aliphatic hydroxyl groups excluding tert-OH is 1. The van der Waals surface area contributed by atoms with Crippen LogP contribution in [0.3, 0.4) is 0 Å². The van der Waals surface area contributed by atoms with Crippen LogP contribution in [0.1, 0.15) is 39.4 Å². The zero-order valence-electron chi connectivity index (χ0n) is 17.5. The van der Waals surface area contributed by atoms with E-state index in [2.05, 4.69) is 15.4 Å². The van der Waals surface area contributed by atoms with Gasteiger partial charge in [0.2, 0.25) is 0 Å². The highest BCUT2D eigenvalue weighted by molar-refractivity contribution is 5.93. The second kappa shape index (κ2) is 9.41. The highest BCUT2D eigenvalue weighted by atomic mass is 16.3. The molecule has 1 aliphatic heterocycles. The zero-order valence-corrected chi connectivity index (χ0v) is 17.5. The van der Waals surface area contributed by atoms with Crippen molar-refractivity contribution < 1.29 is 19.8 Å². The van der Waals surface area contributed by atoms with E-state index in [0.717, 1.165) is 12.2 Å². The summed E-state index contributed by atoms with van der Waals surface area (Å²) in [7, 11) is 3.92. The maximum absolute atomic E-state index is 12.7. The van der Waals surface area contributed by atoms with Crippen LogP contribution in [0.5, 0.6) is 0 Å². The number of aromatic amines is 1. The average Bonchev–Trinajstić information content (AvgIpc) is 3.41. The second-order valence-electron chi connectivity index (χ2n) is 8.06. The van der Waals surface area contributed by atoms with Gasteiger partial charge in [-0.25, -0.2) is 0 Å². The normalized spacial score (nSPS) is 18.9. The minimum Gasteiger partial charge on any atom is -0.394 e. The first-order valence-electron chi connectivity index (χ1n) is 10.1. The monoisotopic (exact) mass is 418 g/mol. The first-order chi connectivity index (χ1) is 14.3. The van der Waals surface area contributed by atoms with E-state index in [-0.39, 0.29) is 31.5 Å². The minimum absolute atomic E-state index is 0.0511. The number of hydrogen-bond acceptors (Lipinski definition) is 6. The number of amides is 2. The number of nitrogens with zero attached hydrogens (tertiary/aromatic N) is 4. The van der Waals surface area contributed by atoms with Crippen molar-refractivity contribution in [1.29, 1.82) is 0 Å². The van der Waals surface area contributed by atoms with Gasteiger partial charge in [0, 0.05) is 38.1 Å². The Balaban J connectivity index is 1.47. The summed E-state index contributed by atoms with van der Waals surface area (Å²) in [6.45, 7) is 1.99. The van der Waals surface area contributed by atoms with Gasteiger partial charge in [-0.2, -0.15) is 5.10 Å². The van der Waals surface area contributed by atoms with Gasteiger partial charge in [-0.05, 0) is 39.1 Å². The second-order valence-corrected chi connectivity index (χ2v) is 8.06. The number of nitrogens with one attached hydrogen (secondary N) is 2. The first-order valence-corrected chi connectivity index (χ1v) is 10.1. The summed E-state index contributed by atoms with van der Waals surface area (Å²) in [5.74, 6) is -0.412. The van der Waals surface area contributed by atoms with Crippen molar-refractivity contribution >= 4 is 11.8 Å². The standard InChI is InChI=1S/C20H30N6O4/c1-24(2)13-16-3-4-17(23-16)19(29)25-8-6-20(30,14-25)5-7-21-18(28)15-11-22-26(12-15)9-10-27/h3-4,11-12,23,27,30H,5-10,13-14H2,1-2H3,(H,21,28)/t20-/m0/s1. The van der Waals surface area contributed by atoms with Crippen LogP contribution in [0.4, 0.5) is 0 Å².